The van der Waals surface area contributed by atoms with E-state index in [0.29, 0.717) is 6.61 Å². The number of likely N-dealkylation sites (tertiary alicyclic amines) is 1. The standard InChI is InChI=1S/C23H30N4O2/c1-17-3-5-19(6-4-17)13-26-8-7-23(15-26)16-29-14-20-18(2)24-22(25-21(20)23)27-9-11-28-12-10-27/h3-6H,7-16H2,1-2H3/t23-/m1/s1. The first-order valence-corrected chi connectivity index (χ1v) is 10.7. The minimum Gasteiger partial charge on any atom is -0.378 e. The fraction of sp³-hybridized carbons (Fsp3) is 0.565. The first-order chi connectivity index (χ1) is 14.1. The van der Waals surface area contributed by atoms with Crippen molar-refractivity contribution in [3.63, 3.8) is 0 Å². The van der Waals surface area contributed by atoms with Crippen LogP contribution in [0.3, 0.4) is 0 Å². The van der Waals surface area contributed by atoms with Gasteiger partial charge in [0.2, 0.25) is 5.95 Å². The second-order valence-corrected chi connectivity index (χ2v) is 8.75. The third kappa shape index (κ3) is 3.65. The predicted octanol–water partition coefficient (Wildman–Crippen LogP) is 2.60. The second-order valence-electron chi connectivity index (χ2n) is 8.75. The molecule has 29 heavy (non-hydrogen) atoms. The van der Waals surface area contributed by atoms with Gasteiger partial charge in [0, 0.05) is 37.4 Å². The molecule has 5 rings (SSSR count). The summed E-state index contributed by atoms with van der Waals surface area (Å²) in [6.45, 7) is 11.9. The van der Waals surface area contributed by atoms with Gasteiger partial charge < -0.3 is 14.4 Å². The van der Waals surface area contributed by atoms with Crippen LogP contribution < -0.4 is 4.90 Å². The average molecular weight is 395 g/mol. The van der Waals surface area contributed by atoms with E-state index in [1.807, 2.05) is 0 Å². The van der Waals surface area contributed by atoms with Crippen molar-refractivity contribution in [1.29, 1.82) is 0 Å². The summed E-state index contributed by atoms with van der Waals surface area (Å²) in [6, 6.07) is 8.89. The van der Waals surface area contributed by atoms with Gasteiger partial charge in [0.05, 0.1) is 37.5 Å². The van der Waals surface area contributed by atoms with Gasteiger partial charge in [0.25, 0.3) is 0 Å². The largest absolute Gasteiger partial charge is 0.378 e. The van der Waals surface area contributed by atoms with Gasteiger partial charge >= 0.3 is 0 Å². The average Bonchev–Trinajstić information content (AvgIpc) is 3.14. The Morgan fingerprint density at radius 2 is 1.79 bits per heavy atom. The molecule has 1 spiro atoms. The molecule has 2 fully saturated rings. The van der Waals surface area contributed by atoms with Crippen molar-refractivity contribution in [2.45, 2.75) is 38.8 Å². The predicted molar refractivity (Wildman–Crippen MR) is 112 cm³/mol. The maximum atomic E-state index is 6.07. The van der Waals surface area contributed by atoms with Crippen molar-refractivity contribution in [3.8, 4) is 0 Å². The lowest BCUT2D eigenvalue weighted by atomic mass is 9.80. The number of benzene rings is 1. The molecule has 154 valence electrons. The summed E-state index contributed by atoms with van der Waals surface area (Å²) in [5.41, 5.74) is 6.15. The van der Waals surface area contributed by atoms with E-state index in [2.05, 4.69) is 47.9 Å². The Kier molecular flexibility index (Phi) is 5.02. The zero-order valence-electron chi connectivity index (χ0n) is 17.5. The molecular weight excluding hydrogens is 364 g/mol. The zero-order valence-corrected chi connectivity index (χ0v) is 17.5. The van der Waals surface area contributed by atoms with Crippen LogP contribution in [0.2, 0.25) is 0 Å². The van der Waals surface area contributed by atoms with Gasteiger partial charge in [-0.05, 0) is 32.4 Å². The molecule has 0 bridgehead atoms. The van der Waals surface area contributed by atoms with Crippen molar-refractivity contribution in [1.82, 2.24) is 14.9 Å². The number of anilines is 1. The van der Waals surface area contributed by atoms with Gasteiger partial charge in [-0.15, -0.1) is 0 Å². The van der Waals surface area contributed by atoms with Crippen LogP contribution in [0.5, 0.6) is 0 Å². The topological polar surface area (TPSA) is 50.7 Å². The third-order valence-corrected chi connectivity index (χ3v) is 6.58. The highest BCUT2D eigenvalue weighted by Crippen LogP contribution is 2.41. The van der Waals surface area contributed by atoms with Crippen molar-refractivity contribution < 1.29 is 9.47 Å². The lowest BCUT2D eigenvalue weighted by molar-refractivity contribution is 0.0497. The van der Waals surface area contributed by atoms with Crippen LogP contribution >= 0.6 is 0 Å². The lowest BCUT2D eigenvalue weighted by Crippen LogP contribution is -2.42. The molecule has 3 aliphatic rings. The molecular formula is C23H30N4O2. The number of morpholine rings is 1. The molecule has 2 aromatic rings. The Hall–Kier alpha value is -2.02. The Morgan fingerprint density at radius 3 is 2.59 bits per heavy atom. The van der Waals surface area contributed by atoms with Crippen LogP contribution in [0, 0.1) is 13.8 Å². The number of nitrogens with zero attached hydrogens (tertiary/aromatic N) is 4. The van der Waals surface area contributed by atoms with Crippen LogP contribution in [-0.4, -0.2) is 60.9 Å². The van der Waals surface area contributed by atoms with E-state index in [-0.39, 0.29) is 5.41 Å². The van der Waals surface area contributed by atoms with E-state index in [0.717, 1.165) is 70.6 Å². The number of hydrogen-bond donors (Lipinski definition) is 0. The van der Waals surface area contributed by atoms with Crippen LogP contribution in [0.15, 0.2) is 24.3 Å². The number of fused-ring (bicyclic) bond motifs is 2. The Labute approximate surface area is 172 Å². The monoisotopic (exact) mass is 394 g/mol. The minimum absolute atomic E-state index is 0.0208. The molecule has 0 aliphatic carbocycles. The van der Waals surface area contributed by atoms with E-state index >= 15 is 0 Å². The van der Waals surface area contributed by atoms with Crippen molar-refractivity contribution in [3.05, 3.63) is 52.3 Å². The van der Waals surface area contributed by atoms with Crippen LogP contribution in [0.1, 0.15) is 34.5 Å². The molecule has 0 radical (unpaired) electrons. The van der Waals surface area contributed by atoms with Gasteiger partial charge in [-0.25, -0.2) is 9.97 Å². The summed E-state index contributed by atoms with van der Waals surface area (Å²) < 4.78 is 11.6. The van der Waals surface area contributed by atoms with E-state index in [1.54, 1.807) is 0 Å². The van der Waals surface area contributed by atoms with Crippen molar-refractivity contribution in [2.24, 2.45) is 0 Å². The van der Waals surface area contributed by atoms with E-state index < -0.39 is 0 Å². The number of hydrogen-bond acceptors (Lipinski definition) is 6. The smallest absolute Gasteiger partial charge is 0.225 e. The van der Waals surface area contributed by atoms with Crippen molar-refractivity contribution >= 4 is 5.95 Å². The van der Waals surface area contributed by atoms with Gasteiger partial charge in [-0.2, -0.15) is 0 Å². The van der Waals surface area contributed by atoms with Crippen LogP contribution in [-0.2, 0) is 28.0 Å². The van der Waals surface area contributed by atoms with Gasteiger partial charge in [0.15, 0.2) is 0 Å². The number of aromatic nitrogens is 2. The Bertz CT molecular complexity index is 879. The zero-order chi connectivity index (χ0) is 19.8. The molecule has 1 aromatic carbocycles. The van der Waals surface area contributed by atoms with Gasteiger partial charge in [0.1, 0.15) is 0 Å². The maximum absolute atomic E-state index is 6.07. The Balaban J connectivity index is 1.42. The quantitative estimate of drug-likeness (QED) is 0.798. The molecule has 4 heterocycles. The first kappa shape index (κ1) is 19.0. The van der Waals surface area contributed by atoms with E-state index in [4.69, 9.17) is 19.4 Å². The van der Waals surface area contributed by atoms with Gasteiger partial charge in [-0.1, -0.05) is 29.8 Å². The molecule has 1 aromatic heterocycles. The van der Waals surface area contributed by atoms with Crippen LogP contribution in [0.25, 0.3) is 0 Å². The molecule has 1 atom stereocenters. The number of rotatable bonds is 3. The molecule has 0 N–H and O–H groups in total. The summed E-state index contributed by atoms with van der Waals surface area (Å²) in [4.78, 5) is 14.8. The summed E-state index contributed by atoms with van der Waals surface area (Å²) in [6.07, 6.45) is 1.09. The summed E-state index contributed by atoms with van der Waals surface area (Å²) in [5.74, 6) is 0.864. The minimum atomic E-state index is -0.0208. The van der Waals surface area contributed by atoms with Gasteiger partial charge in [-0.3, -0.25) is 4.90 Å². The fourth-order valence-corrected chi connectivity index (χ4v) is 4.87. The van der Waals surface area contributed by atoms with E-state index in [9.17, 15) is 0 Å². The van der Waals surface area contributed by atoms with E-state index in [1.165, 1.54) is 22.4 Å². The highest BCUT2D eigenvalue weighted by molar-refractivity contribution is 5.42. The normalized spacial score (nSPS) is 24.8. The first-order valence-electron chi connectivity index (χ1n) is 10.7. The third-order valence-electron chi connectivity index (χ3n) is 6.58. The Morgan fingerprint density at radius 1 is 1.00 bits per heavy atom. The molecule has 2 saturated heterocycles. The molecule has 6 nitrogen and oxygen atoms in total. The molecule has 0 unspecified atom stereocenters. The van der Waals surface area contributed by atoms with Crippen molar-refractivity contribution in [2.75, 3.05) is 50.9 Å². The summed E-state index contributed by atoms with van der Waals surface area (Å²) in [5, 5.41) is 0. The highest BCUT2D eigenvalue weighted by atomic mass is 16.5. The summed E-state index contributed by atoms with van der Waals surface area (Å²) in [7, 11) is 0. The van der Waals surface area contributed by atoms with Crippen LogP contribution in [0.4, 0.5) is 5.95 Å². The summed E-state index contributed by atoms with van der Waals surface area (Å²) >= 11 is 0. The molecule has 0 amide bonds. The molecule has 3 aliphatic heterocycles. The fourth-order valence-electron chi connectivity index (χ4n) is 4.87. The molecule has 0 saturated carbocycles. The second kappa shape index (κ2) is 7.67. The lowest BCUT2D eigenvalue weighted by Gasteiger charge is -2.36. The SMILES string of the molecule is Cc1ccc(CN2CC[C@]3(COCc4c(C)nc(N5CCOCC5)nc43)C2)cc1. The number of ether oxygens (including phenoxy) is 2. The number of aryl methyl sites for hydroxylation is 2. The maximum Gasteiger partial charge on any atom is 0.225 e. The highest BCUT2D eigenvalue weighted by Gasteiger charge is 2.45. The molecule has 6 heteroatoms.